The first-order valence-corrected chi connectivity index (χ1v) is 6.83. The van der Waals surface area contributed by atoms with Crippen LogP contribution in [0.4, 0.5) is 0 Å². The Bertz CT molecular complexity index is 577. The van der Waals surface area contributed by atoms with Crippen molar-refractivity contribution in [3.8, 4) is 11.4 Å². The van der Waals surface area contributed by atoms with Crippen molar-refractivity contribution in [2.75, 3.05) is 0 Å². The third-order valence-electron chi connectivity index (χ3n) is 2.76. The van der Waals surface area contributed by atoms with Crippen molar-refractivity contribution in [2.24, 2.45) is 7.05 Å². The van der Waals surface area contributed by atoms with Gasteiger partial charge < -0.3 is 0 Å². The van der Waals surface area contributed by atoms with Gasteiger partial charge in [0.2, 0.25) is 0 Å². The summed E-state index contributed by atoms with van der Waals surface area (Å²) in [6.07, 6.45) is 6.07. The molecule has 17 heavy (non-hydrogen) atoms. The van der Waals surface area contributed by atoms with Crippen LogP contribution in [-0.4, -0.2) is 19.7 Å². The van der Waals surface area contributed by atoms with Crippen molar-refractivity contribution < 1.29 is 0 Å². The summed E-state index contributed by atoms with van der Waals surface area (Å²) in [7, 11) is 1.87. The first-order valence-electron chi connectivity index (χ1n) is 5.37. The van der Waals surface area contributed by atoms with Crippen molar-refractivity contribution in [1.29, 1.82) is 0 Å². The molecule has 2 aromatic heterocycles. The molecule has 0 aromatic carbocycles. The van der Waals surface area contributed by atoms with E-state index >= 15 is 0 Å². The molecule has 0 saturated heterocycles. The van der Waals surface area contributed by atoms with E-state index in [0.717, 1.165) is 14.8 Å². The van der Waals surface area contributed by atoms with Crippen LogP contribution < -0.4 is 0 Å². The summed E-state index contributed by atoms with van der Waals surface area (Å²) >= 11 is 8.39. The lowest BCUT2D eigenvalue weighted by Crippen LogP contribution is -1.99. The Labute approximate surface area is 118 Å². The fourth-order valence-corrected chi connectivity index (χ4v) is 2.59. The second-order valence-electron chi connectivity index (χ2n) is 4.21. The maximum absolute atomic E-state index is 6.16. The lowest BCUT2D eigenvalue weighted by Gasteiger charge is -2.05. The fraction of sp³-hybridized carbons (Fsp3) is 0.364. The Morgan fingerprint density at radius 1 is 1.41 bits per heavy atom. The molecule has 0 unspecified atom stereocenters. The van der Waals surface area contributed by atoms with E-state index in [2.05, 4.69) is 37.7 Å². The standard InChI is InChI=1S/C11H10ClIN4/c1-17-5-7(4-14-17)11-15-9(6-2-3-6)8(13)10(12)16-11/h4-6H,2-3H2,1H3. The molecule has 0 atom stereocenters. The van der Waals surface area contributed by atoms with Crippen LogP contribution in [-0.2, 0) is 7.05 Å². The van der Waals surface area contributed by atoms with Gasteiger partial charge in [-0.2, -0.15) is 5.10 Å². The SMILES string of the molecule is Cn1cc(-c2nc(Cl)c(I)c(C3CC3)n2)cn1. The molecule has 4 nitrogen and oxygen atoms in total. The molecule has 2 aromatic rings. The average molecular weight is 361 g/mol. The Morgan fingerprint density at radius 2 is 2.18 bits per heavy atom. The minimum absolute atomic E-state index is 0.543. The van der Waals surface area contributed by atoms with Gasteiger partial charge in [0.15, 0.2) is 5.82 Å². The van der Waals surface area contributed by atoms with Crippen LogP contribution >= 0.6 is 34.2 Å². The topological polar surface area (TPSA) is 43.6 Å². The van der Waals surface area contributed by atoms with Gasteiger partial charge in [0.25, 0.3) is 0 Å². The van der Waals surface area contributed by atoms with Gasteiger partial charge in [0.05, 0.1) is 21.0 Å². The van der Waals surface area contributed by atoms with Crippen molar-refractivity contribution in [3.63, 3.8) is 0 Å². The van der Waals surface area contributed by atoms with E-state index in [1.807, 2.05) is 13.2 Å². The van der Waals surface area contributed by atoms with E-state index < -0.39 is 0 Å². The first-order chi connectivity index (χ1) is 8.15. The van der Waals surface area contributed by atoms with Gasteiger partial charge in [-0.25, -0.2) is 9.97 Å². The van der Waals surface area contributed by atoms with Crippen LogP contribution in [0.25, 0.3) is 11.4 Å². The Kier molecular flexibility index (Phi) is 2.82. The second kappa shape index (κ2) is 4.20. The second-order valence-corrected chi connectivity index (χ2v) is 5.65. The van der Waals surface area contributed by atoms with E-state index in [1.54, 1.807) is 10.9 Å². The maximum Gasteiger partial charge on any atom is 0.164 e. The average Bonchev–Trinajstić information content (AvgIpc) is 3.05. The summed E-state index contributed by atoms with van der Waals surface area (Å²) in [6.45, 7) is 0. The summed E-state index contributed by atoms with van der Waals surface area (Å²) in [5.74, 6) is 1.24. The van der Waals surface area contributed by atoms with Gasteiger partial charge in [-0.15, -0.1) is 0 Å². The number of rotatable bonds is 2. The quantitative estimate of drug-likeness (QED) is 0.611. The molecule has 1 fully saturated rings. The maximum atomic E-state index is 6.16. The van der Waals surface area contributed by atoms with Crippen molar-refractivity contribution in [1.82, 2.24) is 19.7 Å². The predicted octanol–water partition coefficient (Wildman–Crippen LogP) is 3.01. The molecular formula is C11H10ClIN4. The molecule has 6 heteroatoms. The zero-order valence-corrected chi connectivity index (χ0v) is 12.1. The van der Waals surface area contributed by atoms with Crippen LogP contribution in [0.15, 0.2) is 12.4 Å². The van der Waals surface area contributed by atoms with Crippen molar-refractivity contribution in [3.05, 3.63) is 26.8 Å². The monoisotopic (exact) mass is 360 g/mol. The number of halogens is 2. The predicted molar refractivity (Wildman–Crippen MR) is 73.9 cm³/mol. The van der Waals surface area contributed by atoms with E-state index in [4.69, 9.17) is 11.6 Å². The van der Waals surface area contributed by atoms with E-state index in [9.17, 15) is 0 Å². The number of aryl methyl sites for hydroxylation is 1. The minimum Gasteiger partial charge on any atom is -0.275 e. The van der Waals surface area contributed by atoms with Crippen molar-refractivity contribution in [2.45, 2.75) is 18.8 Å². The summed E-state index contributed by atoms with van der Waals surface area (Å²) in [5, 5.41) is 4.67. The lowest BCUT2D eigenvalue weighted by molar-refractivity contribution is 0.768. The molecule has 0 aliphatic heterocycles. The summed E-state index contributed by atoms with van der Waals surface area (Å²) in [4.78, 5) is 8.94. The molecule has 0 radical (unpaired) electrons. The molecular weight excluding hydrogens is 351 g/mol. The molecule has 0 bridgehead atoms. The van der Waals surface area contributed by atoms with E-state index in [0.29, 0.717) is 16.9 Å². The molecule has 2 heterocycles. The first kappa shape index (κ1) is 11.4. The Morgan fingerprint density at radius 3 is 2.76 bits per heavy atom. The van der Waals surface area contributed by atoms with Gasteiger partial charge in [-0.05, 0) is 35.4 Å². The normalized spacial score (nSPS) is 15.2. The third-order valence-corrected chi connectivity index (χ3v) is 4.42. The zero-order valence-electron chi connectivity index (χ0n) is 9.19. The van der Waals surface area contributed by atoms with E-state index in [1.165, 1.54) is 12.8 Å². The number of nitrogens with zero attached hydrogens (tertiary/aromatic N) is 4. The molecule has 1 aliphatic carbocycles. The highest BCUT2D eigenvalue weighted by molar-refractivity contribution is 14.1. The number of hydrogen-bond donors (Lipinski definition) is 0. The Hall–Kier alpha value is -0.690. The lowest BCUT2D eigenvalue weighted by atomic mass is 10.2. The number of aromatic nitrogens is 4. The van der Waals surface area contributed by atoms with Crippen LogP contribution in [0, 0.1) is 3.57 Å². The van der Waals surface area contributed by atoms with Crippen LogP contribution in [0.3, 0.4) is 0 Å². The summed E-state index contributed by atoms with van der Waals surface area (Å²) < 4.78 is 2.72. The van der Waals surface area contributed by atoms with E-state index in [-0.39, 0.29) is 0 Å². The van der Waals surface area contributed by atoms with Crippen LogP contribution in [0.2, 0.25) is 5.15 Å². The molecule has 1 saturated carbocycles. The molecule has 1 aliphatic rings. The van der Waals surface area contributed by atoms with Crippen molar-refractivity contribution >= 4 is 34.2 Å². The Balaban J connectivity index is 2.11. The van der Waals surface area contributed by atoms with Gasteiger partial charge >= 0.3 is 0 Å². The van der Waals surface area contributed by atoms with Gasteiger partial charge in [-0.1, -0.05) is 11.6 Å². The third kappa shape index (κ3) is 2.18. The smallest absolute Gasteiger partial charge is 0.164 e. The fourth-order valence-electron chi connectivity index (χ4n) is 1.73. The summed E-state index contributed by atoms with van der Waals surface area (Å²) in [5.41, 5.74) is 2.00. The largest absolute Gasteiger partial charge is 0.275 e. The highest BCUT2D eigenvalue weighted by atomic mass is 127. The van der Waals surface area contributed by atoms with Crippen LogP contribution in [0.5, 0.6) is 0 Å². The minimum atomic E-state index is 0.543. The van der Waals surface area contributed by atoms with Gasteiger partial charge in [0, 0.05) is 19.2 Å². The molecule has 88 valence electrons. The zero-order chi connectivity index (χ0) is 12.0. The van der Waals surface area contributed by atoms with Crippen LogP contribution in [0.1, 0.15) is 24.5 Å². The van der Waals surface area contributed by atoms with Gasteiger partial charge in [-0.3, -0.25) is 4.68 Å². The molecule has 0 spiro atoms. The highest BCUT2D eigenvalue weighted by Gasteiger charge is 2.29. The molecule has 0 amide bonds. The molecule has 0 N–H and O–H groups in total. The summed E-state index contributed by atoms with van der Waals surface area (Å²) in [6, 6.07) is 0. The molecule has 3 rings (SSSR count). The number of hydrogen-bond acceptors (Lipinski definition) is 3. The highest BCUT2D eigenvalue weighted by Crippen LogP contribution is 2.42. The van der Waals surface area contributed by atoms with Gasteiger partial charge in [0.1, 0.15) is 5.15 Å².